The van der Waals surface area contributed by atoms with Gasteiger partial charge in [-0.25, -0.2) is 9.48 Å². The van der Waals surface area contributed by atoms with Gasteiger partial charge in [-0.05, 0) is 32.9 Å². The lowest BCUT2D eigenvalue weighted by atomic mass is 10.2. The van der Waals surface area contributed by atoms with Crippen LogP contribution < -0.4 is 0 Å². The predicted molar refractivity (Wildman–Crippen MR) is 69.6 cm³/mol. The van der Waals surface area contributed by atoms with E-state index in [4.69, 9.17) is 4.74 Å². The summed E-state index contributed by atoms with van der Waals surface area (Å²) in [5.41, 5.74) is 1.45. The van der Waals surface area contributed by atoms with Gasteiger partial charge in [-0.1, -0.05) is 11.3 Å². The molecule has 0 aromatic carbocycles. The number of pyridine rings is 1. The van der Waals surface area contributed by atoms with Crippen molar-refractivity contribution in [3.8, 4) is 11.4 Å². The van der Waals surface area contributed by atoms with Crippen molar-refractivity contribution in [1.29, 1.82) is 0 Å². The fraction of sp³-hybridized carbons (Fsp3) is 0.385. The van der Waals surface area contributed by atoms with Gasteiger partial charge in [0.05, 0.1) is 12.3 Å². The molecule has 0 fully saturated rings. The molecule has 0 unspecified atom stereocenters. The molecule has 2 aromatic rings. The number of hydrogen-bond donors (Lipinski definition) is 0. The van der Waals surface area contributed by atoms with Gasteiger partial charge in [-0.15, -0.1) is 5.10 Å². The first-order valence-electron chi connectivity index (χ1n) is 6.18. The molecule has 0 N–H and O–H groups in total. The van der Waals surface area contributed by atoms with Crippen molar-refractivity contribution in [1.82, 2.24) is 20.0 Å². The maximum absolute atomic E-state index is 11.9. The fourth-order valence-corrected chi connectivity index (χ4v) is 1.73. The smallest absolute Gasteiger partial charge is 0.361 e. The third-order valence-corrected chi connectivity index (χ3v) is 2.56. The Bertz CT molecular complexity index is 563. The first-order chi connectivity index (χ1) is 9.15. The first kappa shape index (κ1) is 13.2. The molecule has 0 spiro atoms. The lowest BCUT2D eigenvalue weighted by molar-refractivity contribution is 0.0520. The second-order valence-electron chi connectivity index (χ2n) is 4.26. The fourth-order valence-electron chi connectivity index (χ4n) is 1.73. The largest absolute Gasteiger partial charge is 0.461 e. The molecule has 2 heterocycles. The van der Waals surface area contributed by atoms with Crippen LogP contribution in [0.15, 0.2) is 24.4 Å². The van der Waals surface area contributed by atoms with Crippen molar-refractivity contribution in [3.05, 3.63) is 30.1 Å². The third-order valence-electron chi connectivity index (χ3n) is 2.56. The van der Waals surface area contributed by atoms with E-state index in [1.807, 2.05) is 32.0 Å². The Hall–Kier alpha value is -2.24. The lowest BCUT2D eigenvalue weighted by Crippen LogP contribution is -2.10. The quantitative estimate of drug-likeness (QED) is 0.787. The summed E-state index contributed by atoms with van der Waals surface area (Å²) in [6.45, 7) is 5.99. The molecule has 0 bridgehead atoms. The van der Waals surface area contributed by atoms with E-state index in [0.717, 1.165) is 0 Å². The van der Waals surface area contributed by atoms with E-state index in [1.54, 1.807) is 17.8 Å². The topological polar surface area (TPSA) is 69.9 Å². The highest BCUT2D eigenvalue weighted by Crippen LogP contribution is 2.23. The zero-order chi connectivity index (χ0) is 13.8. The summed E-state index contributed by atoms with van der Waals surface area (Å²) in [4.78, 5) is 16.2. The van der Waals surface area contributed by atoms with E-state index in [9.17, 15) is 4.79 Å². The molecule has 100 valence electrons. The molecule has 0 atom stereocenters. The Morgan fingerprint density at radius 1 is 1.42 bits per heavy atom. The standard InChI is InChI=1S/C13H16N4O2/c1-4-19-13(18)11-12(10-7-5-6-8-14-10)17(9(2)3)16-15-11/h5-9H,4H2,1-3H3. The first-order valence-corrected chi connectivity index (χ1v) is 6.18. The Kier molecular flexibility index (Phi) is 3.89. The molecule has 2 aromatic heterocycles. The van der Waals surface area contributed by atoms with E-state index >= 15 is 0 Å². The van der Waals surface area contributed by atoms with Gasteiger partial charge in [0.1, 0.15) is 5.69 Å². The number of esters is 1. The molecule has 0 radical (unpaired) electrons. The maximum atomic E-state index is 11.9. The van der Waals surface area contributed by atoms with Crippen molar-refractivity contribution >= 4 is 5.97 Å². The SMILES string of the molecule is CCOC(=O)c1nnn(C(C)C)c1-c1ccccn1. The molecular weight excluding hydrogens is 244 g/mol. The highest BCUT2D eigenvalue weighted by atomic mass is 16.5. The van der Waals surface area contributed by atoms with Gasteiger partial charge >= 0.3 is 5.97 Å². The van der Waals surface area contributed by atoms with Gasteiger partial charge in [-0.2, -0.15) is 0 Å². The van der Waals surface area contributed by atoms with Gasteiger partial charge in [0, 0.05) is 12.2 Å². The van der Waals surface area contributed by atoms with Crippen LogP contribution >= 0.6 is 0 Å². The lowest BCUT2D eigenvalue weighted by Gasteiger charge is -2.09. The average molecular weight is 260 g/mol. The maximum Gasteiger partial charge on any atom is 0.361 e. The molecule has 2 rings (SSSR count). The van der Waals surface area contributed by atoms with Gasteiger partial charge in [0.2, 0.25) is 0 Å². The normalized spacial score (nSPS) is 10.7. The van der Waals surface area contributed by atoms with Crippen LogP contribution in [0.1, 0.15) is 37.3 Å². The van der Waals surface area contributed by atoms with E-state index in [2.05, 4.69) is 15.3 Å². The summed E-state index contributed by atoms with van der Waals surface area (Å²) in [6.07, 6.45) is 1.67. The van der Waals surface area contributed by atoms with Crippen LogP contribution in [0.3, 0.4) is 0 Å². The van der Waals surface area contributed by atoms with Gasteiger partial charge in [0.25, 0.3) is 0 Å². The third kappa shape index (κ3) is 2.62. The number of rotatable bonds is 4. The molecule has 0 aliphatic heterocycles. The molecule has 6 nitrogen and oxygen atoms in total. The number of carbonyl (C=O) groups is 1. The van der Waals surface area contributed by atoms with E-state index < -0.39 is 5.97 Å². The van der Waals surface area contributed by atoms with Crippen molar-refractivity contribution in [2.24, 2.45) is 0 Å². The second-order valence-corrected chi connectivity index (χ2v) is 4.26. The summed E-state index contributed by atoms with van der Waals surface area (Å²) < 4.78 is 6.68. The highest BCUT2D eigenvalue weighted by molar-refractivity contribution is 5.93. The van der Waals surface area contributed by atoms with Gasteiger partial charge < -0.3 is 4.74 Å². The van der Waals surface area contributed by atoms with Crippen molar-refractivity contribution < 1.29 is 9.53 Å². The van der Waals surface area contributed by atoms with Gasteiger partial charge in [-0.3, -0.25) is 4.98 Å². The average Bonchev–Trinajstić information content (AvgIpc) is 2.85. The monoisotopic (exact) mass is 260 g/mol. The van der Waals surface area contributed by atoms with Crippen molar-refractivity contribution in [2.75, 3.05) is 6.61 Å². The van der Waals surface area contributed by atoms with Crippen LogP contribution in [-0.4, -0.2) is 32.6 Å². The molecular formula is C13H16N4O2. The summed E-state index contributed by atoms with van der Waals surface area (Å²) in [5, 5.41) is 7.95. The minimum Gasteiger partial charge on any atom is -0.461 e. The molecule has 0 aliphatic rings. The van der Waals surface area contributed by atoms with Crippen LogP contribution in [0.5, 0.6) is 0 Å². The summed E-state index contributed by atoms with van der Waals surface area (Å²) >= 11 is 0. The molecule has 19 heavy (non-hydrogen) atoms. The van der Waals surface area contributed by atoms with Crippen LogP contribution in [0.25, 0.3) is 11.4 Å². The highest BCUT2D eigenvalue weighted by Gasteiger charge is 2.24. The second kappa shape index (κ2) is 5.60. The summed E-state index contributed by atoms with van der Waals surface area (Å²) in [6, 6.07) is 5.57. The summed E-state index contributed by atoms with van der Waals surface area (Å²) in [7, 11) is 0. The Balaban J connectivity index is 2.55. The predicted octanol–water partition coefficient (Wildman–Crippen LogP) is 2.10. The van der Waals surface area contributed by atoms with Gasteiger partial charge in [0.15, 0.2) is 5.69 Å². The van der Waals surface area contributed by atoms with Crippen LogP contribution in [0, 0.1) is 0 Å². The number of hydrogen-bond acceptors (Lipinski definition) is 5. The van der Waals surface area contributed by atoms with Crippen molar-refractivity contribution in [3.63, 3.8) is 0 Å². The zero-order valence-corrected chi connectivity index (χ0v) is 11.2. The Morgan fingerprint density at radius 3 is 2.79 bits per heavy atom. The Labute approximate surface area is 111 Å². The Morgan fingerprint density at radius 2 is 2.21 bits per heavy atom. The zero-order valence-electron chi connectivity index (χ0n) is 11.2. The number of aromatic nitrogens is 4. The molecule has 6 heteroatoms. The molecule has 0 aliphatic carbocycles. The van der Waals surface area contributed by atoms with Crippen molar-refractivity contribution in [2.45, 2.75) is 26.8 Å². The number of ether oxygens (including phenoxy) is 1. The molecule has 0 saturated heterocycles. The number of nitrogens with zero attached hydrogens (tertiary/aromatic N) is 4. The van der Waals surface area contributed by atoms with Crippen LogP contribution in [0.2, 0.25) is 0 Å². The minimum atomic E-state index is -0.477. The summed E-state index contributed by atoms with van der Waals surface area (Å²) in [5.74, 6) is -0.477. The number of carbonyl (C=O) groups excluding carboxylic acids is 1. The molecule has 0 saturated carbocycles. The van der Waals surface area contributed by atoms with E-state index in [-0.39, 0.29) is 11.7 Å². The minimum absolute atomic E-state index is 0.0766. The van der Waals surface area contributed by atoms with E-state index in [0.29, 0.717) is 18.0 Å². The van der Waals surface area contributed by atoms with Crippen LogP contribution in [-0.2, 0) is 4.74 Å². The molecule has 0 amide bonds. The van der Waals surface area contributed by atoms with Crippen LogP contribution in [0.4, 0.5) is 0 Å². The van der Waals surface area contributed by atoms with E-state index in [1.165, 1.54) is 0 Å².